The fourth-order valence-electron chi connectivity index (χ4n) is 2.73. The largest absolute Gasteiger partial charge is 0.355 e. The molecule has 4 nitrogen and oxygen atoms in total. The minimum Gasteiger partial charge on any atom is -0.355 e. The van der Waals surface area contributed by atoms with Crippen LogP contribution in [-0.2, 0) is 9.59 Å². The Labute approximate surface area is 168 Å². The van der Waals surface area contributed by atoms with Crippen molar-refractivity contribution in [3.63, 3.8) is 0 Å². The van der Waals surface area contributed by atoms with Crippen LogP contribution in [0.1, 0.15) is 25.3 Å². The molecule has 0 bridgehead atoms. The highest BCUT2D eigenvalue weighted by Gasteiger charge is 2.30. The molecule has 0 spiro atoms. The molecule has 0 aromatic heterocycles. The van der Waals surface area contributed by atoms with Crippen LogP contribution in [-0.4, -0.2) is 24.9 Å². The van der Waals surface area contributed by atoms with Gasteiger partial charge in [-0.25, -0.2) is 0 Å². The van der Waals surface area contributed by atoms with Gasteiger partial charge in [0, 0.05) is 16.5 Å². The molecule has 27 heavy (non-hydrogen) atoms. The minimum atomic E-state index is -0.167. The van der Waals surface area contributed by atoms with Gasteiger partial charge >= 0.3 is 0 Å². The monoisotopic (exact) mass is 400 g/mol. The van der Waals surface area contributed by atoms with Crippen LogP contribution < -0.4 is 10.2 Å². The quantitative estimate of drug-likeness (QED) is 0.563. The molecule has 2 aromatic rings. The fourth-order valence-corrected chi connectivity index (χ4v) is 3.92. The highest BCUT2D eigenvalue weighted by atomic mass is 35.5. The standard InChI is InChI=1S/C21H21ClN2O2S/c1-2-3-12-23-20(25)14-24-17-6-4-5-7-18(17)27-19(21(24)26)13-15-8-10-16(22)11-9-15/h4-11,13H,2-3,12,14H2,1H3,(H,23,25). The lowest BCUT2D eigenvalue weighted by Gasteiger charge is -2.29. The lowest BCUT2D eigenvalue weighted by Crippen LogP contribution is -2.42. The molecule has 0 saturated carbocycles. The number of unbranched alkanes of at least 4 members (excludes halogenated alkanes) is 1. The van der Waals surface area contributed by atoms with Gasteiger partial charge in [-0.2, -0.15) is 0 Å². The first-order valence-corrected chi connectivity index (χ1v) is 10.1. The molecular weight excluding hydrogens is 380 g/mol. The number of fused-ring (bicyclic) bond motifs is 1. The van der Waals surface area contributed by atoms with Crippen molar-refractivity contribution in [3.05, 3.63) is 64.0 Å². The maximum atomic E-state index is 13.1. The van der Waals surface area contributed by atoms with Crippen molar-refractivity contribution in [1.29, 1.82) is 0 Å². The Bertz CT molecular complexity index is 865. The Morgan fingerprint density at radius 2 is 1.93 bits per heavy atom. The smallest absolute Gasteiger partial charge is 0.265 e. The van der Waals surface area contributed by atoms with E-state index in [9.17, 15) is 9.59 Å². The van der Waals surface area contributed by atoms with E-state index in [0.717, 1.165) is 29.0 Å². The molecule has 6 heteroatoms. The van der Waals surface area contributed by atoms with E-state index in [0.29, 0.717) is 16.5 Å². The van der Waals surface area contributed by atoms with E-state index in [1.807, 2.05) is 42.5 Å². The van der Waals surface area contributed by atoms with E-state index in [1.54, 1.807) is 17.0 Å². The van der Waals surface area contributed by atoms with Crippen LogP contribution in [0.2, 0.25) is 5.02 Å². The van der Waals surface area contributed by atoms with Gasteiger partial charge in [-0.05, 0) is 42.3 Å². The highest BCUT2D eigenvalue weighted by molar-refractivity contribution is 8.04. The molecule has 1 aliphatic rings. The van der Waals surface area contributed by atoms with Crippen molar-refractivity contribution < 1.29 is 9.59 Å². The zero-order chi connectivity index (χ0) is 19.2. The Hall–Kier alpha value is -2.24. The molecule has 0 radical (unpaired) electrons. The van der Waals surface area contributed by atoms with Gasteiger partial charge in [-0.15, -0.1) is 0 Å². The molecular formula is C21H21ClN2O2S. The minimum absolute atomic E-state index is 0.0120. The number of carbonyl (C=O) groups is 2. The number of hydrogen-bond acceptors (Lipinski definition) is 3. The van der Waals surface area contributed by atoms with Crippen molar-refractivity contribution in [2.75, 3.05) is 18.0 Å². The number of para-hydroxylation sites is 1. The van der Waals surface area contributed by atoms with Gasteiger partial charge in [-0.1, -0.05) is 61.0 Å². The molecule has 1 heterocycles. The van der Waals surface area contributed by atoms with E-state index in [1.165, 1.54) is 11.8 Å². The molecule has 0 fully saturated rings. The summed E-state index contributed by atoms with van der Waals surface area (Å²) in [6.45, 7) is 2.71. The number of nitrogens with one attached hydrogen (secondary N) is 1. The van der Waals surface area contributed by atoms with Gasteiger partial charge in [0.05, 0.1) is 10.6 Å². The van der Waals surface area contributed by atoms with Crippen LogP contribution in [0.5, 0.6) is 0 Å². The molecule has 140 valence electrons. The average Bonchev–Trinajstić information content (AvgIpc) is 2.67. The van der Waals surface area contributed by atoms with Crippen LogP contribution in [0.25, 0.3) is 6.08 Å². The Kier molecular flexibility index (Phi) is 6.58. The highest BCUT2D eigenvalue weighted by Crippen LogP contribution is 2.41. The summed E-state index contributed by atoms with van der Waals surface area (Å²) in [6, 6.07) is 15.0. The zero-order valence-corrected chi connectivity index (χ0v) is 16.6. The fraction of sp³-hybridized carbons (Fsp3) is 0.238. The van der Waals surface area contributed by atoms with Crippen molar-refractivity contribution in [1.82, 2.24) is 5.32 Å². The third-order valence-electron chi connectivity index (χ3n) is 4.15. The van der Waals surface area contributed by atoms with Crippen molar-refractivity contribution in [2.24, 2.45) is 0 Å². The second-order valence-corrected chi connectivity index (χ2v) is 7.74. The number of nitrogens with zero attached hydrogens (tertiary/aromatic N) is 1. The van der Waals surface area contributed by atoms with Crippen LogP contribution in [0, 0.1) is 0 Å². The lowest BCUT2D eigenvalue weighted by atomic mass is 10.2. The van der Waals surface area contributed by atoms with Crippen LogP contribution in [0.15, 0.2) is 58.3 Å². The third-order valence-corrected chi connectivity index (χ3v) is 5.48. The molecule has 1 aliphatic heterocycles. The number of carbonyl (C=O) groups excluding carboxylic acids is 2. The first-order valence-electron chi connectivity index (χ1n) is 8.91. The second-order valence-electron chi connectivity index (χ2n) is 6.22. The van der Waals surface area contributed by atoms with Gasteiger partial charge in [0.2, 0.25) is 5.91 Å². The van der Waals surface area contributed by atoms with E-state index < -0.39 is 0 Å². The first-order chi connectivity index (χ1) is 13.1. The van der Waals surface area contributed by atoms with Gasteiger partial charge in [0.15, 0.2) is 0 Å². The van der Waals surface area contributed by atoms with E-state index in [-0.39, 0.29) is 18.4 Å². The Morgan fingerprint density at radius 1 is 1.19 bits per heavy atom. The summed E-state index contributed by atoms with van der Waals surface area (Å²) in [6.07, 6.45) is 3.77. The molecule has 0 atom stereocenters. The van der Waals surface area contributed by atoms with E-state index in [4.69, 9.17) is 11.6 Å². The Balaban J connectivity index is 1.86. The van der Waals surface area contributed by atoms with Gasteiger partial charge in [0.1, 0.15) is 6.54 Å². The molecule has 0 saturated heterocycles. The van der Waals surface area contributed by atoms with E-state index in [2.05, 4.69) is 12.2 Å². The maximum Gasteiger partial charge on any atom is 0.265 e. The summed E-state index contributed by atoms with van der Waals surface area (Å²) in [7, 11) is 0. The summed E-state index contributed by atoms with van der Waals surface area (Å²) in [4.78, 5) is 28.4. The number of rotatable bonds is 6. The van der Waals surface area contributed by atoms with Crippen molar-refractivity contribution in [2.45, 2.75) is 24.7 Å². The third kappa shape index (κ3) is 4.93. The molecule has 2 amide bonds. The van der Waals surface area contributed by atoms with Crippen LogP contribution >= 0.6 is 23.4 Å². The molecule has 0 unspecified atom stereocenters. The molecule has 1 N–H and O–H groups in total. The summed E-state index contributed by atoms with van der Waals surface area (Å²) in [5, 5.41) is 3.53. The van der Waals surface area contributed by atoms with Crippen molar-refractivity contribution >= 4 is 46.9 Å². The number of benzene rings is 2. The molecule has 0 aliphatic carbocycles. The van der Waals surface area contributed by atoms with Crippen LogP contribution in [0.4, 0.5) is 5.69 Å². The SMILES string of the molecule is CCCCNC(=O)CN1C(=O)C(=Cc2ccc(Cl)cc2)Sc2ccccc21. The number of thioether (sulfide) groups is 1. The van der Waals surface area contributed by atoms with Gasteiger partial charge < -0.3 is 5.32 Å². The Morgan fingerprint density at radius 3 is 2.67 bits per heavy atom. The number of amides is 2. The summed E-state index contributed by atoms with van der Waals surface area (Å²) in [5.41, 5.74) is 1.66. The second kappa shape index (κ2) is 9.11. The zero-order valence-electron chi connectivity index (χ0n) is 15.1. The summed E-state index contributed by atoms with van der Waals surface area (Å²) in [5.74, 6) is -0.316. The summed E-state index contributed by atoms with van der Waals surface area (Å²) < 4.78 is 0. The van der Waals surface area contributed by atoms with Crippen LogP contribution in [0.3, 0.4) is 0 Å². The molecule has 2 aromatic carbocycles. The van der Waals surface area contributed by atoms with Gasteiger partial charge in [0.25, 0.3) is 5.91 Å². The predicted octanol–water partition coefficient (Wildman–Crippen LogP) is 4.74. The first kappa shape index (κ1) is 19.5. The van der Waals surface area contributed by atoms with Gasteiger partial charge in [-0.3, -0.25) is 14.5 Å². The van der Waals surface area contributed by atoms with E-state index >= 15 is 0 Å². The normalized spacial score (nSPS) is 15.0. The summed E-state index contributed by atoms with van der Waals surface area (Å²) >= 11 is 7.36. The maximum absolute atomic E-state index is 13.1. The van der Waals surface area contributed by atoms with Crippen molar-refractivity contribution in [3.8, 4) is 0 Å². The predicted molar refractivity (Wildman–Crippen MR) is 112 cm³/mol. The topological polar surface area (TPSA) is 49.4 Å². The number of halogens is 1. The lowest BCUT2D eigenvalue weighted by molar-refractivity contribution is -0.122. The average molecular weight is 401 g/mol. The molecule has 3 rings (SSSR count). The number of hydrogen-bond donors (Lipinski definition) is 1. The number of anilines is 1.